The molecule has 1 heterocycles. The maximum atomic E-state index is 3.50. The van der Waals surface area contributed by atoms with Crippen LogP contribution >= 0.6 is 0 Å². The Morgan fingerprint density at radius 1 is 1.29 bits per heavy atom. The number of likely N-dealkylation sites (N-methyl/N-ethyl adjacent to an activating group) is 1. The first-order chi connectivity index (χ1) is 8.31. The SMILES string of the molecule is CCNC(C)CN1CCCCc2ccccc21. The van der Waals surface area contributed by atoms with Crippen LogP contribution in [0, 0.1) is 0 Å². The van der Waals surface area contributed by atoms with Gasteiger partial charge in [-0.3, -0.25) is 0 Å². The second kappa shape index (κ2) is 6.06. The van der Waals surface area contributed by atoms with Crippen LogP contribution < -0.4 is 10.2 Å². The molecule has 1 atom stereocenters. The highest BCUT2D eigenvalue weighted by Gasteiger charge is 2.16. The van der Waals surface area contributed by atoms with Crippen molar-refractivity contribution in [2.75, 3.05) is 24.5 Å². The van der Waals surface area contributed by atoms with Crippen molar-refractivity contribution in [1.82, 2.24) is 5.32 Å². The van der Waals surface area contributed by atoms with Crippen LogP contribution in [0.5, 0.6) is 0 Å². The third-order valence-corrected chi connectivity index (χ3v) is 3.50. The van der Waals surface area contributed by atoms with E-state index < -0.39 is 0 Å². The van der Waals surface area contributed by atoms with Crippen molar-refractivity contribution >= 4 is 5.69 Å². The maximum Gasteiger partial charge on any atom is 0.0399 e. The Labute approximate surface area is 105 Å². The summed E-state index contributed by atoms with van der Waals surface area (Å²) in [4.78, 5) is 2.55. The fourth-order valence-electron chi connectivity index (χ4n) is 2.70. The summed E-state index contributed by atoms with van der Waals surface area (Å²) in [5.74, 6) is 0. The molecule has 0 bridgehead atoms. The molecule has 0 saturated heterocycles. The number of nitrogens with one attached hydrogen (secondary N) is 1. The van der Waals surface area contributed by atoms with E-state index in [0.717, 1.165) is 13.1 Å². The van der Waals surface area contributed by atoms with Crippen LogP contribution in [-0.4, -0.2) is 25.7 Å². The van der Waals surface area contributed by atoms with Crippen molar-refractivity contribution in [2.45, 2.75) is 39.2 Å². The molecule has 0 saturated carbocycles. The second-order valence-corrected chi connectivity index (χ2v) is 4.99. The summed E-state index contributed by atoms with van der Waals surface area (Å²) in [7, 11) is 0. The molecule has 0 fully saturated rings. The minimum Gasteiger partial charge on any atom is -0.370 e. The zero-order valence-electron chi connectivity index (χ0n) is 11.1. The van der Waals surface area contributed by atoms with Crippen LogP contribution in [0.2, 0.25) is 0 Å². The Kier molecular flexibility index (Phi) is 4.43. The van der Waals surface area contributed by atoms with Crippen molar-refractivity contribution < 1.29 is 0 Å². The van der Waals surface area contributed by atoms with E-state index in [9.17, 15) is 0 Å². The van der Waals surface area contributed by atoms with Crippen molar-refractivity contribution in [3.63, 3.8) is 0 Å². The number of hydrogen-bond acceptors (Lipinski definition) is 2. The molecule has 0 amide bonds. The molecule has 0 aromatic heterocycles. The standard InChI is InChI=1S/C15H24N2/c1-3-16-13(2)12-17-11-7-6-9-14-8-4-5-10-15(14)17/h4-5,8,10,13,16H,3,6-7,9,11-12H2,1-2H3. The van der Waals surface area contributed by atoms with E-state index in [1.807, 2.05) is 0 Å². The van der Waals surface area contributed by atoms with Crippen molar-refractivity contribution in [3.8, 4) is 0 Å². The summed E-state index contributed by atoms with van der Waals surface area (Å²) < 4.78 is 0. The van der Waals surface area contributed by atoms with Crippen molar-refractivity contribution in [1.29, 1.82) is 0 Å². The molecule has 1 aromatic carbocycles. The molecule has 94 valence electrons. The van der Waals surface area contributed by atoms with Crippen LogP contribution in [0.15, 0.2) is 24.3 Å². The predicted octanol–water partition coefficient (Wildman–Crippen LogP) is 2.83. The molecule has 0 aliphatic carbocycles. The van der Waals surface area contributed by atoms with Gasteiger partial charge in [-0.15, -0.1) is 0 Å². The molecule has 17 heavy (non-hydrogen) atoms. The first kappa shape index (κ1) is 12.4. The van der Waals surface area contributed by atoms with Gasteiger partial charge in [-0.1, -0.05) is 25.1 Å². The van der Waals surface area contributed by atoms with Gasteiger partial charge in [0.15, 0.2) is 0 Å². The summed E-state index contributed by atoms with van der Waals surface area (Å²) in [6.45, 7) is 7.82. The number of hydrogen-bond donors (Lipinski definition) is 1. The van der Waals surface area contributed by atoms with E-state index >= 15 is 0 Å². The van der Waals surface area contributed by atoms with Gasteiger partial charge in [0.05, 0.1) is 0 Å². The molecule has 2 heteroatoms. The topological polar surface area (TPSA) is 15.3 Å². The van der Waals surface area contributed by atoms with E-state index in [2.05, 4.69) is 48.3 Å². The van der Waals surface area contributed by atoms with Gasteiger partial charge in [0, 0.05) is 24.8 Å². The number of benzene rings is 1. The first-order valence-electron chi connectivity index (χ1n) is 6.87. The van der Waals surface area contributed by atoms with Crippen LogP contribution in [0.25, 0.3) is 0 Å². The Balaban J connectivity index is 2.11. The quantitative estimate of drug-likeness (QED) is 0.858. The van der Waals surface area contributed by atoms with Gasteiger partial charge in [-0.2, -0.15) is 0 Å². The Hall–Kier alpha value is -1.02. The smallest absolute Gasteiger partial charge is 0.0399 e. The molecule has 1 aromatic rings. The molecule has 1 aliphatic rings. The van der Waals surface area contributed by atoms with Crippen LogP contribution in [-0.2, 0) is 6.42 Å². The summed E-state index contributed by atoms with van der Waals surface area (Å²) >= 11 is 0. The largest absolute Gasteiger partial charge is 0.370 e. The van der Waals surface area contributed by atoms with Gasteiger partial charge in [-0.25, -0.2) is 0 Å². The molecule has 2 nitrogen and oxygen atoms in total. The zero-order valence-corrected chi connectivity index (χ0v) is 11.1. The lowest BCUT2D eigenvalue weighted by molar-refractivity contribution is 0.548. The third-order valence-electron chi connectivity index (χ3n) is 3.50. The molecule has 0 radical (unpaired) electrons. The minimum atomic E-state index is 0.561. The fourth-order valence-corrected chi connectivity index (χ4v) is 2.70. The highest BCUT2D eigenvalue weighted by atomic mass is 15.2. The second-order valence-electron chi connectivity index (χ2n) is 4.99. The maximum absolute atomic E-state index is 3.50. The number of fused-ring (bicyclic) bond motifs is 1. The number of nitrogens with zero attached hydrogens (tertiary/aromatic N) is 1. The molecule has 1 aliphatic heterocycles. The number of anilines is 1. The summed E-state index contributed by atoms with van der Waals surface area (Å²) in [5, 5.41) is 3.50. The van der Waals surface area contributed by atoms with Gasteiger partial charge >= 0.3 is 0 Å². The molecular formula is C15H24N2. The van der Waals surface area contributed by atoms with E-state index in [0.29, 0.717) is 6.04 Å². The van der Waals surface area contributed by atoms with E-state index in [-0.39, 0.29) is 0 Å². The van der Waals surface area contributed by atoms with Crippen molar-refractivity contribution in [3.05, 3.63) is 29.8 Å². The Morgan fingerprint density at radius 2 is 2.12 bits per heavy atom. The summed E-state index contributed by atoms with van der Waals surface area (Å²) in [6, 6.07) is 9.45. The monoisotopic (exact) mass is 232 g/mol. The van der Waals surface area contributed by atoms with Gasteiger partial charge in [0.25, 0.3) is 0 Å². The normalized spacial score (nSPS) is 17.4. The van der Waals surface area contributed by atoms with Crippen LogP contribution in [0.4, 0.5) is 5.69 Å². The number of aryl methyl sites for hydroxylation is 1. The van der Waals surface area contributed by atoms with Gasteiger partial charge in [-0.05, 0) is 44.4 Å². The molecule has 1 unspecified atom stereocenters. The minimum absolute atomic E-state index is 0.561. The number of para-hydroxylation sites is 1. The van der Waals surface area contributed by atoms with E-state index in [1.165, 1.54) is 37.1 Å². The zero-order chi connectivity index (χ0) is 12.1. The average molecular weight is 232 g/mol. The third kappa shape index (κ3) is 3.22. The molecule has 0 spiro atoms. The number of rotatable bonds is 4. The lowest BCUT2D eigenvalue weighted by atomic mass is 10.1. The lowest BCUT2D eigenvalue weighted by Crippen LogP contribution is -2.39. The summed E-state index contributed by atoms with van der Waals surface area (Å²) in [5.41, 5.74) is 2.98. The van der Waals surface area contributed by atoms with Crippen LogP contribution in [0.3, 0.4) is 0 Å². The van der Waals surface area contributed by atoms with E-state index in [1.54, 1.807) is 0 Å². The lowest BCUT2D eigenvalue weighted by Gasteiger charge is -2.28. The molecular weight excluding hydrogens is 208 g/mol. The molecule has 2 rings (SSSR count). The van der Waals surface area contributed by atoms with Gasteiger partial charge in [0.2, 0.25) is 0 Å². The first-order valence-corrected chi connectivity index (χ1v) is 6.87. The summed E-state index contributed by atoms with van der Waals surface area (Å²) in [6.07, 6.45) is 3.87. The van der Waals surface area contributed by atoms with Crippen molar-refractivity contribution in [2.24, 2.45) is 0 Å². The highest BCUT2D eigenvalue weighted by molar-refractivity contribution is 5.54. The Bertz CT molecular complexity index is 349. The van der Waals surface area contributed by atoms with Gasteiger partial charge in [0.1, 0.15) is 0 Å². The van der Waals surface area contributed by atoms with Gasteiger partial charge < -0.3 is 10.2 Å². The molecule has 1 N–H and O–H groups in total. The fraction of sp³-hybridized carbons (Fsp3) is 0.600. The van der Waals surface area contributed by atoms with Crippen LogP contribution in [0.1, 0.15) is 32.3 Å². The van der Waals surface area contributed by atoms with E-state index in [4.69, 9.17) is 0 Å². The average Bonchev–Trinajstić information content (AvgIpc) is 2.53. The Morgan fingerprint density at radius 3 is 2.94 bits per heavy atom. The predicted molar refractivity (Wildman–Crippen MR) is 74.7 cm³/mol. The highest BCUT2D eigenvalue weighted by Crippen LogP contribution is 2.25.